The maximum Gasteiger partial charge on any atom is 0.367 e. The molecule has 1 aromatic rings. The Balaban J connectivity index is 2.47. The zero-order chi connectivity index (χ0) is 13.1. The largest absolute Gasteiger partial charge is 0.497 e. The van der Waals surface area contributed by atoms with E-state index in [-0.39, 0.29) is 0 Å². The first kappa shape index (κ1) is 12.2. The summed E-state index contributed by atoms with van der Waals surface area (Å²) in [6.45, 7) is 1.71. The number of rotatable bonds is 3. The van der Waals surface area contributed by atoms with Crippen molar-refractivity contribution in [3.63, 3.8) is 0 Å². The zero-order valence-corrected chi connectivity index (χ0v) is 10.4. The summed E-state index contributed by atoms with van der Waals surface area (Å²) in [7, 11) is 3.15. The lowest BCUT2D eigenvalue weighted by Gasteiger charge is -2.07. The normalized spacial score (nSPS) is 16.5. The minimum absolute atomic E-state index is 0.418. The minimum Gasteiger partial charge on any atom is -0.497 e. The summed E-state index contributed by atoms with van der Waals surface area (Å²) < 4.78 is 10.4. The van der Waals surface area contributed by atoms with Crippen molar-refractivity contribution in [2.24, 2.45) is 5.16 Å². The molecule has 0 amide bonds. The molecule has 0 unspecified atom stereocenters. The van der Waals surface area contributed by atoms with Crippen LogP contribution in [0.1, 0.15) is 12.5 Å². The van der Waals surface area contributed by atoms with Crippen LogP contribution in [-0.4, -0.2) is 25.9 Å². The van der Waals surface area contributed by atoms with Gasteiger partial charge < -0.3 is 14.3 Å². The number of hydrogen-bond donors (Lipinski definition) is 0. The summed E-state index contributed by atoms with van der Waals surface area (Å²) in [4.78, 5) is 16.1. The smallest absolute Gasteiger partial charge is 0.367 e. The van der Waals surface area contributed by atoms with Crippen LogP contribution in [0.5, 0.6) is 11.5 Å². The summed E-state index contributed by atoms with van der Waals surface area (Å²) >= 11 is 0. The first-order chi connectivity index (χ1) is 8.65. The van der Waals surface area contributed by atoms with E-state index in [1.54, 1.807) is 45.4 Å². The second-order valence-corrected chi connectivity index (χ2v) is 3.72. The van der Waals surface area contributed by atoms with Gasteiger partial charge in [-0.2, -0.15) is 0 Å². The van der Waals surface area contributed by atoms with E-state index in [9.17, 15) is 4.79 Å². The van der Waals surface area contributed by atoms with Crippen LogP contribution < -0.4 is 9.47 Å². The van der Waals surface area contributed by atoms with Crippen LogP contribution >= 0.6 is 0 Å². The molecule has 1 aromatic carbocycles. The van der Waals surface area contributed by atoms with E-state index in [1.165, 1.54) is 0 Å². The van der Waals surface area contributed by atoms with Crippen molar-refractivity contribution in [2.75, 3.05) is 14.2 Å². The van der Waals surface area contributed by atoms with Gasteiger partial charge in [-0.05, 0) is 31.2 Å². The molecule has 0 fully saturated rings. The van der Waals surface area contributed by atoms with Crippen LogP contribution in [0, 0.1) is 0 Å². The Morgan fingerprint density at radius 1 is 1.28 bits per heavy atom. The predicted octanol–water partition coefficient (Wildman–Crippen LogP) is 2.02. The van der Waals surface area contributed by atoms with Crippen molar-refractivity contribution in [3.05, 3.63) is 29.3 Å². The number of oxime groups is 1. The Morgan fingerprint density at radius 3 is 2.61 bits per heavy atom. The number of methoxy groups -OCH3 is 2. The predicted molar refractivity (Wildman–Crippen MR) is 66.7 cm³/mol. The number of hydrogen-bond acceptors (Lipinski definition) is 5. The van der Waals surface area contributed by atoms with Gasteiger partial charge in [0.15, 0.2) is 0 Å². The molecule has 0 spiro atoms. The highest BCUT2D eigenvalue weighted by atomic mass is 16.7. The highest BCUT2D eigenvalue weighted by molar-refractivity contribution is 6.24. The molecule has 0 bridgehead atoms. The molecule has 0 saturated carbocycles. The van der Waals surface area contributed by atoms with E-state index in [2.05, 4.69) is 9.99 Å². The Kier molecular flexibility index (Phi) is 3.32. The molecule has 0 N–H and O–H groups in total. The maximum absolute atomic E-state index is 11.5. The third-order valence-corrected chi connectivity index (χ3v) is 2.61. The second-order valence-electron chi connectivity index (χ2n) is 3.72. The van der Waals surface area contributed by atoms with E-state index < -0.39 is 5.97 Å². The average molecular weight is 247 g/mol. The molecule has 0 aromatic heterocycles. The molecule has 2 rings (SSSR count). The summed E-state index contributed by atoms with van der Waals surface area (Å²) in [6, 6.07) is 5.34. The monoisotopic (exact) mass is 247 g/mol. The number of nitrogens with zero attached hydrogens (tertiary/aromatic N) is 1. The summed E-state index contributed by atoms with van der Waals surface area (Å²) in [5.74, 6) is 0.872. The Morgan fingerprint density at radius 2 is 2.06 bits per heavy atom. The number of benzene rings is 1. The van der Waals surface area contributed by atoms with Gasteiger partial charge in [-0.1, -0.05) is 5.16 Å². The Labute approximate surface area is 105 Å². The van der Waals surface area contributed by atoms with Gasteiger partial charge in [0.2, 0.25) is 0 Å². The van der Waals surface area contributed by atoms with Gasteiger partial charge in [0, 0.05) is 5.56 Å². The van der Waals surface area contributed by atoms with Crippen LogP contribution in [0.25, 0.3) is 6.08 Å². The molecule has 1 aliphatic heterocycles. The lowest BCUT2D eigenvalue weighted by Crippen LogP contribution is -2.02. The fraction of sp³-hybridized carbons (Fsp3) is 0.231. The fourth-order valence-electron chi connectivity index (χ4n) is 1.63. The van der Waals surface area contributed by atoms with Crippen molar-refractivity contribution in [3.8, 4) is 11.5 Å². The maximum atomic E-state index is 11.5. The molecule has 18 heavy (non-hydrogen) atoms. The molecule has 0 saturated heterocycles. The van der Waals surface area contributed by atoms with Crippen molar-refractivity contribution in [1.82, 2.24) is 0 Å². The topological polar surface area (TPSA) is 57.1 Å². The van der Waals surface area contributed by atoms with Crippen LogP contribution in [0.15, 0.2) is 28.9 Å². The second kappa shape index (κ2) is 4.91. The van der Waals surface area contributed by atoms with E-state index in [0.29, 0.717) is 22.8 Å². The number of carbonyl (C=O) groups is 1. The molecule has 1 aliphatic rings. The Hall–Kier alpha value is -2.30. The molecule has 5 heteroatoms. The van der Waals surface area contributed by atoms with Crippen molar-refractivity contribution < 1.29 is 19.1 Å². The highest BCUT2D eigenvalue weighted by Crippen LogP contribution is 2.27. The molecular weight excluding hydrogens is 234 g/mol. The molecule has 5 nitrogen and oxygen atoms in total. The van der Waals surface area contributed by atoms with E-state index in [4.69, 9.17) is 9.47 Å². The number of carbonyl (C=O) groups excluding carboxylic acids is 1. The standard InChI is InChI=1S/C13H13NO4/c1-8-11(13(15)18-14-8)7-9-6-10(16-2)4-5-12(9)17-3/h4-7H,1-3H3/b11-7+. The van der Waals surface area contributed by atoms with Crippen molar-refractivity contribution in [1.29, 1.82) is 0 Å². The fourth-order valence-corrected chi connectivity index (χ4v) is 1.63. The third-order valence-electron chi connectivity index (χ3n) is 2.61. The lowest BCUT2D eigenvalue weighted by molar-refractivity contribution is -0.136. The van der Waals surface area contributed by atoms with E-state index >= 15 is 0 Å². The summed E-state index contributed by atoms with van der Waals surface area (Å²) in [6.07, 6.45) is 1.68. The molecule has 0 atom stereocenters. The first-order valence-electron chi connectivity index (χ1n) is 5.35. The van der Waals surface area contributed by atoms with Gasteiger partial charge in [-0.25, -0.2) is 4.79 Å². The van der Waals surface area contributed by atoms with Gasteiger partial charge in [0.05, 0.1) is 25.5 Å². The summed E-state index contributed by atoms with van der Waals surface area (Å²) in [5.41, 5.74) is 1.70. The van der Waals surface area contributed by atoms with Crippen LogP contribution in [0.2, 0.25) is 0 Å². The quantitative estimate of drug-likeness (QED) is 0.605. The van der Waals surface area contributed by atoms with Crippen molar-refractivity contribution >= 4 is 17.8 Å². The molecule has 94 valence electrons. The first-order valence-corrected chi connectivity index (χ1v) is 5.35. The average Bonchev–Trinajstić information content (AvgIpc) is 2.70. The van der Waals surface area contributed by atoms with Gasteiger partial charge in [0.25, 0.3) is 0 Å². The Bertz CT molecular complexity index is 546. The van der Waals surface area contributed by atoms with Gasteiger partial charge in [-0.3, -0.25) is 0 Å². The van der Waals surface area contributed by atoms with Gasteiger partial charge >= 0.3 is 5.97 Å². The third kappa shape index (κ3) is 2.20. The van der Waals surface area contributed by atoms with Crippen molar-refractivity contribution in [2.45, 2.75) is 6.92 Å². The molecular formula is C13H13NO4. The van der Waals surface area contributed by atoms with Gasteiger partial charge in [-0.15, -0.1) is 0 Å². The lowest BCUT2D eigenvalue weighted by atomic mass is 10.1. The van der Waals surface area contributed by atoms with Crippen LogP contribution in [-0.2, 0) is 9.63 Å². The molecule has 0 radical (unpaired) electrons. The minimum atomic E-state index is -0.461. The van der Waals surface area contributed by atoms with E-state index in [1.807, 2.05) is 0 Å². The van der Waals surface area contributed by atoms with Gasteiger partial charge in [0.1, 0.15) is 11.5 Å². The zero-order valence-electron chi connectivity index (χ0n) is 10.4. The van der Waals surface area contributed by atoms with Crippen LogP contribution in [0.3, 0.4) is 0 Å². The molecule has 0 aliphatic carbocycles. The van der Waals surface area contributed by atoms with E-state index in [0.717, 1.165) is 5.56 Å². The number of ether oxygens (including phenoxy) is 2. The summed E-state index contributed by atoms with van der Waals surface area (Å²) in [5, 5.41) is 3.62. The highest BCUT2D eigenvalue weighted by Gasteiger charge is 2.22. The SMILES string of the molecule is COc1ccc(OC)c(/C=C2/C(=O)ON=C2C)c1. The molecule has 1 heterocycles. The van der Waals surface area contributed by atoms with Crippen LogP contribution in [0.4, 0.5) is 0 Å².